The van der Waals surface area contributed by atoms with Gasteiger partial charge in [0.15, 0.2) is 0 Å². The molecule has 1 amide bonds. The molecule has 1 heterocycles. The third-order valence-corrected chi connectivity index (χ3v) is 4.92. The van der Waals surface area contributed by atoms with Crippen molar-refractivity contribution in [3.8, 4) is 0 Å². The van der Waals surface area contributed by atoms with Crippen molar-refractivity contribution in [1.29, 1.82) is 0 Å². The van der Waals surface area contributed by atoms with Crippen LogP contribution in [0.2, 0.25) is 0 Å². The predicted octanol–water partition coefficient (Wildman–Crippen LogP) is 2.50. The lowest BCUT2D eigenvalue weighted by Crippen LogP contribution is -2.28. The van der Waals surface area contributed by atoms with Gasteiger partial charge in [0.05, 0.1) is 5.75 Å². The second kappa shape index (κ2) is 6.77. The Morgan fingerprint density at radius 1 is 1.27 bits per heavy atom. The molecule has 0 aliphatic carbocycles. The fourth-order valence-corrected chi connectivity index (χ4v) is 3.58. The Hall–Kier alpha value is -1.43. The topological polar surface area (TPSA) is 54.5 Å². The fourth-order valence-electron chi connectivity index (χ4n) is 2.80. The minimum Gasteiger partial charge on any atom is -0.342 e. The van der Waals surface area contributed by atoms with Gasteiger partial charge < -0.3 is 4.90 Å². The van der Waals surface area contributed by atoms with E-state index in [0.29, 0.717) is 19.0 Å². The molecule has 0 N–H and O–H groups in total. The van der Waals surface area contributed by atoms with Crippen LogP contribution in [-0.2, 0) is 21.4 Å². The number of halogens is 1. The molecule has 0 aromatic heterocycles. The largest absolute Gasteiger partial charge is 0.342 e. The molecule has 1 aromatic carbocycles. The number of amides is 1. The number of carbonyl (C=O) groups is 1. The summed E-state index contributed by atoms with van der Waals surface area (Å²) in [7, 11) is -4.51. The van der Waals surface area contributed by atoms with E-state index in [-0.39, 0.29) is 12.3 Å². The van der Waals surface area contributed by atoms with E-state index in [9.17, 15) is 17.1 Å². The lowest BCUT2D eigenvalue weighted by Gasteiger charge is -2.16. The molecule has 1 aliphatic heterocycles. The number of rotatable bonds is 6. The standard InChI is InChI=1S/C16H22FNO3S/c1-12(2)15-5-3-13(4-6-15)7-8-18-10-14(9-16(18)19)11-22(17,20)21/h3-6,12,14H,7-11H2,1-2H3. The molecular weight excluding hydrogens is 305 g/mol. The van der Waals surface area contributed by atoms with Gasteiger partial charge in [-0.3, -0.25) is 4.79 Å². The molecule has 1 aromatic rings. The zero-order valence-electron chi connectivity index (χ0n) is 13.0. The summed E-state index contributed by atoms with van der Waals surface area (Å²) in [6.45, 7) is 5.14. The molecule has 122 valence electrons. The number of likely N-dealkylation sites (tertiary alicyclic amines) is 1. The van der Waals surface area contributed by atoms with Crippen molar-refractivity contribution in [1.82, 2.24) is 4.90 Å². The zero-order chi connectivity index (χ0) is 16.3. The summed E-state index contributed by atoms with van der Waals surface area (Å²) in [5.74, 6) is -0.589. The number of hydrogen-bond acceptors (Lipinski definition) is 3. The summed E-state index contributed by atoms with van der Waals surface area (Å²) in [5, 5.41) is 0. The molecule has 2 rings (SSSR count). The van der Waals surface area contributed by atoms with Crippen LogP contribution in [-0.4, -0.2) is 38.1 Å². The summed E-state index contributed by atoms with van der Waals surface area (Å²) in [6, 6.07) is 8.29. The Labute approximate surface area is 131 Å². The van der Waals surface area contributed by atoms with Crippen LogP contribution in [0.25, 0.3) is 0 Å². The maximum atomic E-state index is 12.7. The van der Waals surface area contributed by atoms with Gasteiger partial charge in [-0.1, -0.05) is 38.1 Å². The summed E-state index contributed by atoms with van der Waals surface area (Å²) in [6.07, 6.45) is 0.842. The SMILES string of the molecule is CC(C)c1ccc(CCN2CC(CS(=O)(=O)F)CC2=O)cc1. The number of carbonyl (C=O) groups excluding carboxylic acids is 1. The molecule has 0 spiro atoms. The highest BCUT2D eigenvalue weighted by atomic mass is 32.3. The van der Waals surface area contributed by atoms with E-state index in [0.717, 1.165) is 12.0 Å². The van der Waals surface area contributed by atoms with Crippen LogP contribution in [0, 0.1) is 5.92 Å². The van der Waals surface area contributed by atoms with Gasteiger partial charge >= 0.3 is 10.2 Å². The number of hydrogen-bond donors (Lipinski definition) is 0. The van der Waals surface area contributed by atoms with Crippen molar-refractivity contribution in [2.75, 3.05) is 18.8 Å². The first-order valence-corrected chi connectivity index (χ1v) is 9.09. The van der Waals surface area contributed by atoms with Gasteiger partial charge in [-0.25, -0.2) is 0 Å². The first kappa shape index (κ1) is 16.9. The average molecular weight is 327 g/mol. The molecule has 4 nitrogen and oxygen atoms in total. The van der Waals surface area contributed by atoms with Crippen LogP contribution in [0.15, 0.2) is 24.3 Å². The second-order valence-corrected chi connectivity index (χ2v) is 7.67. The van der Waals surface area contributed by atoms with Gasteiger partial charge in [-0.2, -0.15) is 8.42 Å². The molecule has 22 heavy (non-hydrogen) atoms. The van der Waals surface area contributed by atoms with Gasteiger partial charge in [0, 0.05) is 25.4 Å². The smallest absolute Gasteiger partial charge is 0.302 e. The molecule has 6 heteroatoms. The van der Waals surface area contributed by atoms with E-state index in [4.69, 9.17) is 0 Å². The average Bonchev–Trinajstić information content (AvgIpc) is 2.74. The van der Waals surface area contributed by atoms with E-state index in [1.807, 2.05) is 0 Å². The van der Waals surface area contributed by atoms with E-state index < -0.39 is 21.9 Å². The van der Waals surface area contributed by atoms with Gasteiger partial charge in [0.1, 0.15) is 0 Å². The summed E-state index contributed by atoms with van der Waals surface area (Å²) < 4.78 is 34.0. The van der Waals surface area contributed by atoms with Gasteiger partial charge in [-0.15, -0.1) is 3.89 Å². The van der Waals surface area contributed by atoms with Crippen LogP contribution < -0.4 is 0 Å². The maximum absolute atomic E-state index is 12.7. The van der Waals surface area contributed by atoms with Crippen molar-refractivity contribution >= 4 is 16.1 Å². The predicted molar refractivity (Wildman–Crippen MR) is 83.8 cm³/mol. The van der Waals surface area contributed by atoms with Crippen LogP contribution in [0.5, 0.6) is 0 Å². The molecule has 1 fully saturated rings. The minimum absolute atomic E-state index is 0.0903. The Morgan fingerprint density at radius 3 is 2.45 bits per heavy atom. The quantitative estimate of drug-likeness (QED) is 0.754. The van der Waals surface area contributed by atoms with E-state index in [2.05, 4.69) is 38.1 Å². The Morgan fingerprint density at radius 2 is 1.91 bits per heavy atom. The molecule has 0 radical (unpaired) electrons. The lowest BCUT2D eigenvalue weighted by atomic mass is 10.0. The first-order valence-electron chi connectivity index (χ1n) is 7.53. The van der Waals surface area contributed by atoms with Crippen molar-refractivity contribution in [2.24, 2.45) is 5.92 Å². The van der Waals surface area contributed by atoms with Gasteiger partial charge in [0.2, 0.25) is 5.91 Å². The lowest BCUT2D eigenvalue weighted by molar-refractivity contribution is -0.127. The summed E-state index contributed by atoms with van der Waals surface area (Å²) >= 11 is 0. The summed E-state index contributed by atoms with van der Waals surface area (Å²) in [4.78, 5) is 13.5. The van der Waals surface area contributed by atoms with Gasteiger partial charge in [-0.05, 0) is 23.5 Å². The third-order valence-electron chi connectivity index (χ3n) is 4.05. The highest BCUT2D eigenvalue weighted by Gasteiger charge is 2.32. The van der Waals surface area contributed by atoms with Crippen LogP contribution >= 0.6 is 0 Å². The molecule has 1 atom stereocenters. The molecule has 1 aliphatic rings. The molecule has 1 unspecified atom stereocenters. The van der Waals surface area contributed by atoms with Crippen LogP contribution in [0.4, 0.5) is 3.89 Å². The normalized spacial score (nSPS) is 19.2. The highest BCUT2D eigenvalue weighted by Crippen LogP contribution is 2.21. The van der Waals surface area contributed by atoms with Crippen molar-refractivity contribution in [2.45, 2.75) is 32.6 Å². The van der Waals surface area contributed by atoms with Crippen molar-refractivity contribution < 1.29 is 17.1 Å². The molecule has 0 saturated carbocycles. The first-order chi connectivity index (χ1) is 10.2. The Bertz CT molecular complexity index is 625. The van der Waals surface area contributed by atoms with Crippen molar-refractivity contribution in [3.63, 3.8) is 0 Å². The highest BCUT2D eigenvalue weighted by molar-refractivity contribution is 7.86. The fraction of sp³-hybridized carbons (Fsp3) is 0.562. The monoisotopic (exact) mass is 327 g/mol. The van der Waals surface area contributed by atoms with Gasteiger partial charge in [0.25, 0.3) is 0 Å². The third kappa shape index (κ3) is 4.80. The molecular formula is C16H22FNO3S. The molecule has 1 saturated heterocycles. The number of benzene rings is 1. The van der Waals surface area contributed by atoms with E-state index in [1.54, 1.807) is 4.90 Å². The summed E-state index contributed by atoms with van der Waals surface area (Å²) in [5.41, 5.74) is 2.41. The number of nitrogens with zero attached hydrogens (tertiary/aromatic N) is 1. The maximum Gasteiger partial charge on any atom is 0.302 e. The van der Waals surface area contributed by atoms with E-state index in [1.165, 1.54) is 5.56 Å². The van der Waals surface area contributed by atoms with Crippen molar-refractivity contribution in [3.05, 3.63) is 35.4 Å². The Kier molecular flexibility index (Phi) is 5.21. The van der Waals surface area contributed by atoms with E-state index >= 15 is 0 Å². The second-order valence-electron chi connectivity index (χ2n) is 6.26. The zero-order valence-corrected chi connectivity index (χ0v) is 13.8. The minimum atomic E-state index is -4.51. The molecule has 0 bridgehead atoms. The van der Waals surface area contributed by atoms with Crippen LogP contribution in [0.1, 0.15) is 37.3 Å². The Balaban J connectivity index is 1.87. The van der Waals surface area contributed by atoms with Crippen LogP contribution in [0.3, 0.4) is 0 Å².